The number of hydrogen-bond donors (Lipinski definition) is 1. The number of amides is 1. The van der Waals surface area contributed by atoms with Crippen LogP contribution in [0.2, 0.25) is 10.0 Å². The van der Waals surface area contributed by atoms with Gasteiger partial charge in [0.05, 0.1) is 10.6 Å². The van der Waals surface area contributed by atoms with E-state index in [2.05, 4.69) is 46.4 Å². The van der Waals surface area contributed by atoms with E-state index < -0.39 is 0 Å². The van der Waals surface area contributed by atoms with Crippen molar-refractivity contribution in [1.29, 1.82) is 0 Å². The van der Waals surface area contributed by atoms with E-state index in [0.29, 0.717) is 22.2 Å². The van der Waals surface area contributed by atoms with Crippen LogP contribution in [0, 0.1) is 0 Å². The van der Waals surface area contributed by atoms with Gasteiger partial charge in [-0.2, -0.15) is 0 Å². The summed E-state index contributed by atoms with van der Waals surface area (Å²) in [6.07, 6.45) is 0.778. The van der Waals surface area contributed by atoms with Gasteiger partial charge in [-0.05, 0) is 49.4 Å². The lowest BCUT2D eigenvalue weighted by Gasteiger charge is -2.34. The zero-order valence-corrected chi connectivity index (χ0v) is 16.4. The number of nitrogens with zero attached hydrogens (tertiary/aromatic N) is 2. The molecule has 1 aliphatic rings. The van der Waals surface area contributed by atoms with E-state index in [1.54, 1.807) is 18.2 Å². The molecule has 0 saturated carbocycles. The summed E-state index contributed by atoms with van der Waals surface area (Å²) in [5.74, 6) is -0.180. The van der Waals surface area contributed by atoms with Crippen LogP contribution in [0.15, 0.2) is 42.5 Å². The number of piperazine rings is 1. The van der Waals surface area contributed by atoms with Gasteiger partial charge in [0.15, 0.2) is 0 Å². The fourth-order valence-electron chi connectivity index (χ4n) is 3.03. The monoisotopic (exact) mass is 391 g/mol. The van der Waals surface area contributed by atoms with Crippen molar-refractivity contribution in [3.8, 4) is 0 Å². The molecule has 1 aliphatic heterocycles. The van der Waals surface area contributed by atoms with E-state index in [1.807, 2.05) is 0 Å². The van der Waals surface area contributed by atoms with E-state index >= 15 is 0 Å². The number of carbonyl (C=O) groups excluding carboxylic acids is 1. The topological polar surface area (TPSA) is 35.6 Å². The summed E-state index contributed by atoms with van der Waals surface area (Å²) in [7, 11) is 2.16. The molecule has 1 amide bonds. The molecule has 0 aliphatic carbocycles. The number of hydrogen-bond acceptors (Lipinski definition) is 3. The first-order valence-electron chi connectivity index (χ1n) is 8.78. The van der Waals surface area contributed by atoms with Gasteiger partial charge >= 0.3 is 0 Å². The van der Waals surface area contributed by atoms with Gasteiger partial charge in [0, 0.05) is 43.4 Å². The second-order valence-corrected chi connectivity index (χ2v) is 7.43. The molecule has 6 heteroatoms. The van der Waals surface area contributed by atoms with Crippen LogP contribution in [0.4, 0.5) is 5.69 Å². The molecule has 0 unspecified atom stereocenters. The van der Waals surface area contributed by atoms with Gasteiger partial charge in [-0.3, -0.25) is 4.79 Å². The molecule has 4 nitrogen and oxygen atoms in total. The molecule has 2 aromatic rings. The highest BCUT2D eigenvalue weighted by Gasteiger charge is 2.14. The summed E-state index contributed by atoms with van der Waals surface area (Å²) in [6.45, 7) is 4.88. The summed E-state index contributed by atoms with van der Waals surface area (Å²) in [5, 5.41) is 3.80. The standard InChI is InChI=1S/C20H23Cl2N3O/c1-24-10-12-25(13-11-24)17-5-2-15(3-6-17)8-9-23-20(26)18-7-4-16(21)14-19(18)22/h2-7,14H,8-13H2,1H3,(H,23,26). The van der Waals surface area contributed by atoms with Gasteiger partial charge < -0.3 is 15.1 Å². The zero-order valence-electron chi connectivity index (χ0n) is 14.8. The molecule has 2 aromatic carbocycles. The SMILES string of the molecule is CN1CCN(c2ccc(CCNC(=O)c3ccc(Cl)cc3Cl)cc2)CC1. The van der Waals surface area contributed by atoms with E-state index in [-0.39, 0.29) is 5.91 Å². The van der Waals surface area contributed by atoms with Crippen LogP contribution < -0.4 is 10.2 Å². The number of rotatable bonds is 5. The molecule has 1 N–H and O–H groups in total. The Bertz CT molecular complexity index is 756. The first-order chi connectivity index (χ1) is 12.5. The molecule has 0 atom stereocenters. The fourth-order valence-corrected chi connectivity index (χ4v) is 3.52. The van der Waals surface area contributed by atoms with Gasteiger partial charge in [0.1, 0.15) is 0 Å². The first kappa shape index (κ1) is 19.0. The van der Waals surface area contributed by atoms with Gasteiger partial charge in [0.25, 0.3) is 5.91 Å². The third kappa shape index (κ3) is 4.91. The lowest BCUT2D eigenvalue weighted by atomic mass is 10.1. The minimum Gasteiger partial charge on any atom is -0.369 e. The Kier molecular flexibility index (Phi) is 6.41. The smallest absolute Gasteiger partial charge is 0.252 e. The lowest BCUT2D eigenvalue weighted by molar-refractivity contribution is 0.0954. The highest BCUT2D eigenvalue weighted by atomic mass is 35.5. The largest absolute Gasteiger partial charge is 0.369 e. The number of halogens is 2. The minimum atomic E-state index is -0.180. The Morgan fingerprint density at radius 1 is 1.04 bits per heavy atom. The van der Waals surface area contributed by atoms with E-state index in [4.69, 9.17) is 23.2 Å². The average Bonchev–Trinajstić information content (AvgIpc) is 2.63. The predicted molar refractivity (Wildman–Crippen MR) is 109 cm³/mol. The summed E-state index contributed by atoms with van der Waals surface area (Å²) in [4.78, 5) is 17.0. The Hall–Kier alpha value is -1.75. The van der Waals surface area contributed by atoms with Gasteiger partial charge in [0.2, 0.25) is 0 Å². The molecule has 1 heterocycles. The molecule has 0 spiro atoms. The maximum atomic E-state index is 12.2. The maximum Gasteiger partial charge on any atom is 0.252 e. The summed E-state index contributed by atoms with van der Waals surface area (Å²) in [6, 6.07) is 13.5. The van der Waals surface area contributed by atoms with Crippen molar-refractivity contribution >= 4 is 34.8 Å². The number of nitrogens with one attached hydrogen (secondary N) is 1. The number of carbonyl (C=O) groups is 1. The number of benzene rings is 2. The molecule has 3 rings (SSSR count). The quantitative estimate of drug-likeness (QED) is 0.843. The third-order valence-corrected chi connectivity index (χ3v) is 5.23. The van der Waals surface area contributed by atoms with Gasteiger partial charge in [-0.1, -0.05) is 35.3 Å². The van der Waals surface area contributed by atoms with Crippen LogP contribution in [0.3, 0.4) is 0 Å². The van der Waals surface area contributed by atoms with Crippen molar-refractivity contribution in [1.82, 2.24) is 10.2 Å². The summed E-state index contributed by atoms with van der Waals surface area (Å²) in [5.41, 5.74) is 2.91. The van der Waals surface area contributed by atoms with E-state index in [1.165, 1.54) is 11.3 Å². The lowest BCUT2D eigenvalue weighted by Crippen LogP contribution is -2.44. The van der Waals surface area contributed by atoms with Crippen LogP contribution in [-0.2, 0) is 6.42 Å². The first-order valence-corrected chi connectivity index (χ1v) is 9.54. The van der Waals surface area contributed by atoms with E-state index in [9.17, 15) is 4.79 Å². The number of anilines is 1. The van der Waals surface area contributed by atoms with Crippen molar-refractivity contribution in [2.24, 2.45) is 0 Å². The Morgan fingerprint density at radius 2 is 1.73 bits per heavy atom. The van der Waals surface area contributed by atoms with Crippen LogP contribution in [0.1, 0.15) is 15.9 Å². The third-order valence-electron chi connectivity index (χ3n) is 4.68. The van der Waals surface area contributed by atoms with Crippen molar-refractivity contribution < 1.29 is 4.79 Å². The van der Waals surface area contributed by atoms with Crippen LogP contribution in [0.25, 0.3) is 0 Å². The summed E-state index contributed by atoms with van der Waals surface area (Å²) >= 11 is 11.9. The Balaban J connectivity index is 1.49. The number of likely N-dealkylation sites (N-methyl/N-ethyl adjacent to an activating group) is 1. The molecule has 138 valence electrons. The van der Waals surface area contributed by atoms with Crippen molar-refractivity contribution in [3.05, 3.63) is 63.6 Å². The zero-order chi connectivity index (χ0) is 18.5. The van der Waals surface area contributed by atoms with Crippen molar-refractivity contribution in [2.45, 2.75) is 6.42 Å². The molecule has 0 bridgehead atoms. The minimum absolute atomic E-state index is 0.180. The molecular formula is C20H23Cl2N3O. The second-order valence-electron chi connectivity index (χ2n) is 6.59. The fraction of sp³-hybridized carbons (Fsp3) is 0.350. The molecular weight excluding hydrogens is 369 g/mol. The van der Waals surface area contributed by atoms with E-state index in [0.717, 1.165) is 32.6 Å². The van der Waals surface area contributed by atoms with Gasteiger partial charge in [-0.25, -0.2) is 0 Å². The highest BCUT2D eigenvalue weighted by molar-refractivity contribution is 6.36. The molecule has 1 fully saturated rings. The van der Waals surface area contributed by atoms with Crippen LogP contribution in [-0.4, -0.2) is 50.6 Å². The van der Waals surface area contributed by atoms with Crippen LogP contribution >= 0.6 is 23.2 Å². The summed E-state index contributed by atoms with van der Waals surface area (Å²) < 4.78 is 0. The molecule has 26 heavy (non-hydrogen) atoms. The second kappa shape index (κ2) is 8.76. The predicted octanol–water partition coefficient (Wildman–Crippen LogP) is 3.72. The van der Waals surface area contributed by atoms with Crippen LogP contribution in [0.5, 0.6) is 0 Å². The molecule has 1 saturated heterocycles. The van der Waals surface area contributed by atoms with Gasteiger partial charge in [-0.15, -0.1) is 0 Å². The normalized spacial score (nSPS) is 15.1. The average molecular weight is 392 g/mol. The molecule has 0 radical (unpaired) electrons. The molecule has 0 aromatic heterocycles. The maximum absolute atomic E-state index is 12.2. The van der Waals surface area contributed by atoms with Crippen molar-refractivity contribution in [2.75, 3.05) is 44.7 Å². The van der Waals surface area contributed by atoms with Crippen molar-refractivity contribution in [3.63, 3.8) is 0 Å². The highest BCUT2D eigenvalue weighted by Crippen LogP contribution is 2.21. The Morgan fingerprint density at radius 3 is 2.38 bits per heavy atom. The Labute approximate surface area is 164 Å².